The molecule has 154 valence electrons. The highest BCUT2D eigenvalue weighted by atomic mass is 32.2. The number of nitrogens with one attached hydrogen (secondary N) is 1. The molecule has 1 aromatic heterocycles. The van der Waals surface area contributed by atoms with Gasteiger partial charge in [-0.15, -0.1) is 0 Å². The van der Waals surface area contributed by atoms with Crippen molar-refractivity contribution in [3.63, 3.8) is 0 Å². The SMILES string of the molecule is Cn1cccc(C(=O)Nc2ccc3c(c2)CCCN3S(=O)(=O)c2ccccc2)c1=O. The first-order valence-electron chi connectivity index (χ1n) is 9.55. The second-order valence-corrected chi connectivity index (χ2v) is 8.99. The van der Waals surface area contributed by atoms with Gasteiger partial charge in [-0.1, -0.05) is 18.2 Å². The predicted molar refractivity (Wildman–Crippen MR) is 115 cm³/mol. The van der Waals surface area contributed by atoms with Crippen molar-refractivity contribution >= 4 is 27.3 Å². The van der Waals surface area contributed by atoms with Crippen LogP contribution in [0.2, 0.25) is 0 Å². The topological polar surface area (TPSA) is 88.5 Å². The minimum absolute atomic E-state index is 0.0472. The van der Waals surface area contributed by atoms with Gasteiger partial charge in [-0.25, -0.2) is 8.42 Å². The summed E-state index contributed by atoms with van der Waals surface area (Å²) in [6, 6.07) is 16.6. The van der Waals surface area contributed by atoms with Crippen LogP contribution in [0.25, 0.3) is 0 Å². The van der Waals surface area contributed by atoms with Crippen LogP contribution in [-0.4, -0.2) is 25.4 Å². The highest BCUT2D eigenvalue weighted by molar-refractivity contribution is 7.92. The lowest BCUT2D eigenvalue weighted by Crippen LogP contribution is -2.35. The smallest absolute Gasteiger partial charge is 0.264 e. The third-order valence-electron chi connectivity index (χ3n) is 5.11. The molecule has 4 rings (SSSR count). The van der Waals surface area contributed by atoms with Gasteiger partial charge in [-0.3, -0.25) is 13.9 Å². The Labute approximate surface area is 174 Å². The molecule has 0 atom stereocenters. The Morgan fingerprint density at radius 3 is 2.57 bits per heavy atom. The van der Waals surface area contributed by atoms with Crippen molar-refractivity contribution in [1.29, 1.82) is 0 Å². The van der Waals surface area contributed by atoms with E-state index < -0.39 is 15.9 Å². The predicted octanol–water partition coefficient (Wildman–Crippen LogP) is 2.78. The van der Waals surface area contributed by atoms with Crippen LogP contribution in [0.4, 0.5) is 11.4 Å². The standard InChI is InChI=1S/C22H21N3O4S/c1-24-13-6-10-19(22(24)27)21(26)23-17-11-12-20-16(15-17)7-5-14-25(20)30(28,29)18-8-3-2-4-9-18/h2-4,6,8-13,15H,5,7,14H2,1H3,(H,23,26). The first-order valence-corrected chi connectivity index (χ1v) is 11.0. The van der Waals surface area contributed by atoms with Gasteiger partial charge in [0.25, 0.3) is 21.5 Å². The molecule has 0 fully saturated rings. The van der Waals surface area contributed by atoms with Crippen LogP contribution in [0.5, 0.6) is 0 Å². The number of hydrogen-bond acceptors (Lipinski definition) is 4. The fraction of sp³-hybridized carbons (Fsp3) is 0.182. The number of rotatable bonds is 4. The summed E-state index contributed by atoms with van der Waals surface area (Å²) in [6.45, 7) is 0.399. The lowest BCUT2D eigenvalue weighted by Gasteiger charge is -2.30. The molecule has 3 aromatic rings. The van der Waals surface area contributed by atoms with Crippen LogP contribution in [0.15, 0.2) is 76.6 Å². The maximum absolute atomic E-state index is 13.1. The number of carbonyl (C=O) groups excluding carboxylic acids is 1. The number of sulfonamides is 1. The Hall–Kier alpha value is -3.39. The fourth-order valence-electron chi connectivity index (χ4n) is 3.58. The van der Waals surface area contributed by atoms with Gasteiger partial charge < -0.3 is 9.88 Å². The number of fused-ring (bicyclic) bond motifs is 1. The number of anilines is 2. The minimum atomic E-state index is -3.66. The molecule has 8 heteroatoms. The Morgan fingerprint density at radius 2 is 1.80 bits per heavy atom. The summed E-state index contributed by atoms with van der Waals surface area (Å²) in [6.07, 6.45) is 2.96. The van der Waals surface area contributed by atoms with Gasteiger partial charge in [0.15, 0.2) is 0 Å². The van der Waals surface area contributed by atoms with Crippen LogP contribution in [0.3, 0.4) is 0 Å². The molecule has 0 aliphatic carbocycles. The van der Waals surface area contributed by atoms with E-state index >= 15 is 0 Å². The number of nitrogens with zero attached hydrogens (tertiary/aromatic N) is 2. The maximum Gasteiger partial charge on any atom is 0.264 e. The summed E-state index contributed by atoms with van der Waals surface area (Å²) in [7, 11) is -2.08. The Balaban J connectivity index is 1.63. The number of carbonyl (C=O) groups is 1. The van der Waals surface area contributed by atoms with Crippen molar-refractivity contribution in [2.24, 2.45) is 7.05 Å². The number of amides is 1. The van der Waals surface area contributed by atoms with Crippen LogP contribution < -0.4 is 15.2 Å². The van der Waals surface area contributed by atoms with Crippen molar-refractivity contribution in [2.45, 2.75) is 17.7 Å². The molecule has 0 spiro atoms. The minimum Gasteiger partial charge on any atom is -0.322 e. The normalized spacial score (nSPS) is 13.6. The molecule has 30 heavy (non-hydrogen) atoms. The highest BCUT2D eigenvalue weighted by Crippen LogP contribution is 2.33. The molecule has 0 saturated carbocycles. The second kappa shape index (κ2) is 7.79. The van der Waals surface area contributed by atoms with Gasteiger partial charge in [0, 0.05) is 25.5 Å². The quantitative estimate of drug-likeness (QED) is 0.699. The van der Waals surface area contributed by atoms with Crippen LogP contribution >= 0.6 is 0 Å². The van der Waals surface area contributed by atoms with Crippen LogP contribution in [0, 0.1) is 0 Å². The Morgan fingerprint density at radius 1 is 1.03 bits per heavy atom. The van der Waals surface area contributed by atoms with E-state index in [1.165, 1.54) is 14.9 Å². The number of benzene rings is 2. The average Bonchev–Trinajstić information content (AvgIpc) is 2.75. The monoisotopic (exact) mass is 423 g/mol. The van der Waals surface area contributed by atoms with Crippen molar-refractivity contribution in [1.82, 2.24) is 4.57 Å². The van der Waals surface area contributed by atoms with Crippen LogP contribution in [-0.2, 0) is 23.5 Å². The summed E-state index contributed by atoms with van der Waals surface area (Å²) >= 11 is 0. The summed E-state index contributed by atoms with van der Waals surface area (Å²) in [5.74, 6) is -0.499. The van der Waals surface area contributed by atoms with Gasteiger partial charge in [0.1, 0.15) is 5.56 Å². The van der Waals surface area contributed by atoms with E-state index in [9.17, 15) is 18.0 Å². The van der Waals surface area contributed by atoms with Crippen molar-refractivity contribution in [2.75, 3.05) is 16.2 Å². The molecular weight excluding hydrogens is 402 g/mol. The Bertz CT molecular complexity index is 1270. The molecule has 0 unspecified atom stereocenters. The van der Waals surface area contributed by atoms with E-state index in [0.29, 0.717) is 30.8 Å². The van der Waals surface area contributed by atoms with Crippen molar-refractivity contribution < 1.29 is 13.2 Å². The second-order valence-electron chi connectivity index (χ2n) is 7.13. The molecule has 1 N–H and O–H groups in total. The van der Waals surface area contributed by atoms with E-state index in [-0.39, 0.29) is 16.0 Å². The summed E-state index contributed by atoms with van der Waals surface area (Å²) in [5.41, 5.74) is 1.63. The van der Waals surface area contributed by atoms with E-state index in [0.717, 1.165) is 5.56 Å². The fourth-order valence-corrected chi connectivity index (χ4v) is 5.14. The lowest BCUT2D eigenvalue weighted by atomic mass is 10.0. The van der Waals surface area contributed by atoms with Crippen molar-refractivity contribution in [3.8, 4) is 0 Å². The zero-order valence-electron chi connectivity index (χ0n) is 16.4. The molecule has 7 nitrogen and oxygen atoms in total. The first kappa shape index (κ1) is 19.9. The number of hydrogen-bond donors (Lipinski definition) is 1. The molecule has 2 heterocycles. The van der Waals surface area contributed by atoms with Crippen molar-refractivity contribution in [3.05, 3.63) is 88.3 Å². The van der Waals surface area contributed by atoms with Gasteiger partial charge in [0.2, 0.25) is 0 Å². The van der Waals surface area contributed by atoms with Gasteiger partial charge in [-0.2, -0.15) is 0 Å². The molecule has 0 radical (unpaired) electrons. The molecule has 0 bridgehead atoms. The number of aryl methyl sites for hydroxylation is 2. The Kier molecular flexibility index (Phi) is 5.17. The summed E-state index contributed by atoms with van der Waals surface area (Å²) < 4.78 is 28.9. The summed E-state index contributed by atoms with van der Waals surface area (Å²) in [4.78, 5) is 24.9. The molecular formula is C22H21N3O4S. The van der Waals surface area contributed by atoms with Gasteiger partial charge in [-0.05, 0) is 60.9 Å². The third-order valence-corrected chi connectivity index (χ3v) is 6.94. The van der Waals surface area contributed by atoms with Gasteiger partial charge >= 0.3 is 0 Å². The first-order chi connectivity index (χ1) is 14.4. The zero-order valence-corrected chi connectivity index (χ0v) is 17.2. The molecule has 1 amide bonds. The maximum atomic E-state index is 13.1. The lowest BCUT2D eigenvalue weighted by molar-refractivity contribution is 0.102. The molecule has 2 aromatic carbocycles. The third kappa shape index (κ3) is 3.61. The summed E-state index contributed by atoms with van der Waals surface area (Å²) in [5, 5.41) is 2.74. The highest BCUT2D eigenvalue weighted by Gasteiger charge is 2.29. The molecule has 1 aliphatic heterocycles. The average molecular weight is 423 g/mol. The number of aromatic nitrogens is 1. The van der Waals surface area contributed by atoms with E-state index in [4.69, 9.17) is 0 Å². The van der Waals surface area contributed by atoms with E-state index in [2.05, 4.69) is 5.32 Å². The molecule has 0 saturated heterocycles. The number of pyridine rings is 1. The zero-order chi connectivity index (χ0) is 21.3. The van der Waals surface area contributed by atoms with Gasteiger partial charge in [0.05, 0.1) is 10.6 Å². The van der Waals surface area contributed by atoms with E-state index in [1.54, 1.807) is 67.8 Å². The van der Waals surface area contributed by atoms with E-state index in [1.807, 2.05) is 0 Å². The molecule has 1 aliphatic rings. The largest absolute Gasteiger partial charge is 0.322 e. The van der Waals surface area contributed by atoms with Crippen LogP contribution in [0.1, 0.15) is 22.3 Å².